The summed E-state index contributed by atoms with van der Waals surface area (Å²) in [7, 11) is -1.86. The summed E-state index contributed by atoms with van der Waals surface area (Å²) in [5.74, 6) is 1.88. The number of Topliss-reactive ketones (excluding diaryl/α,β-unsaturated/α-hetero) is 1. The normalized spacial score (nSPS) is 15.4. The average Bonchev–Trinajstić information content (AvgIpc) is 3.41. The molecule has 0 radical (unpaired) electrons. The van der Waals surface area contributed by atoms with Crippen molar-refractivity contribution < 1.29 is 13.7 Å². The van der Waals surface area contributed by atoms with Crippen molar-refractivity contribution in [3.63, 3.8) is 0 Å². The van der Waals surface area contributed by atoms with Gasteiger partial charge in [-0.05, 0) is 65.9 Å². The van der Waals surface area contributed by atoms with E-state index in [-0.39, 0.29) is 10.8 Å². The van der Waals surface area contributed by atoms with Gasteiger partial charge in [-0.15, -0.1) is 0 Å². The Kier molecular flexibility index (Phi) is 5.66. The van der Waals surface area contributed by atoms with Crippen molar-refractivity contribution >= 4 is 14.1 Å². The third kappa shape index (κ3) is 4.06. The van der Waals surface area contributed by atoms with Crippen LogP contribution >= 0.6 is 0 Å². The second kappa shape index (κ2) is 8.04. The van der Waals surface area contributed by atoms with Crippen LogP contribution in [-0.4, -0.2) is 19.3 Å². The van der Waals surface area contributed by atoms with Crippen molar-refractivity contribution in [2.75, 3.05) is 0 Å². The number of carbonyl (C=O) groups is 1. The lowest BCUT2D eigenvalue weighted by Gasteiger charge is -2.36. The Morgan fingerprint density at radius 1 is 1.06 bits per heavy atom. The van der Waals surface area contributed by atoms with Crippen molar-refractivity contribution in [1.29, 1.82) is 0 Å². The largest absolute Gasteiger partial charge is 0.544 e. The first-order valence-electron chi connectivity index (χ1n) is 11.5. The van der Waals surface area contributed by atoms with Gasteiger partial charge in [0, 0.05) is 12.0 Å². The van der Waals surface area contributed by atoms with E-state index < -0.39 is 13.7 Å². The molecule has 3 aromatic rings. The van der Waals surface area contributed by atoms with Crippen molar-refractivity contribution in [2.24, 2.45) is 0 Å². The first-order valence-corrected chi connectivity index (χ1v) is 14.4. The van der Waals surface area contributed by atoms with Crippen LogP contribution in [-0.2, 0) is 10.2 Å². The van der Waals surface area contributed by atoms with Gasteiger partial charge in [-0.25, -0.2) is 0 Å². The molecule has 0 N–H and O–H groups in total. The molecule has 32 heavy (non-hydrogen) atoms. The second-order valence-electron chi connectivity index (χ2n) is 10.4. The molecule has 1 aliphatic carbocycles. The Morgan fingerprint density at radius 2 is 1.72 bits per heavy atom. The van der Waals surface area contributed by atoms with Gasteiger partial charge in [-0.1, -0.05) is 63.2 Å². The predicted octanol–water partition coefficient (Wildman–Crippen LogP) is 7.40. The molecule has 0 bridgehead atoms. The number of ketones is 1. The van der Waals surface area contributed by atoms with Gasteiger partial charge in [0.2, 0.25) is 8.32 Å². The first-order chi connectivity index (χ1) is 15.1. The summed E-state index contributed by atoms with van der Waals surface area (Å²) in [6.45, 7) is 13.2. The summed E-state index contributed by atoms with van der Waals surface area (Å²) in [6.07, 6.45) is 3.95. The van der Waals surface area contributed by atoms with Crippen molar-refractivity contribution in [3.05, 3.63) is 60.5 Å². The van der Waals surface area contributed by atoms with Gasteiger partial charge in [-0.3, -0.25) is 4.79 Å². The molecule has 0 saturated heterocycles. The quantitative estimate of drug-likeness (QED) is 0.354. The number of nitrogens with zero attached hydrogens (tertiary/aromatic N) is 1. The summed E-state index contributed by atoms with van der Waals surface area (Å²) in [5, 5.41) is 4.21. The molecule has 1 saturated carbocycles. The fourth-order valence-corrected chi connectivity index (χ4v) is 4.95. The SMILES string of the molecule is CCC(=O)C1(c2oncc2-c2cccc(-c3ccc(O[Si](C)(C)C(C)(C)C)cc3)c2)CC1. The van der Waals surface area contributed by atoms with E-state index in [1.54, 1.807) is 6.20 Å². The number of rotatable bonds is 7. The van der Waals surface area contributed by atoms with Gasteiger partial charge in [-0.2, -0.15) is 0 Å². The summed E-state index contributed by atoms with van der Waals surface area (Å²) < 4.78 is 12.0. The first kappa shape index (κ1) is 22.5. The Bertz CT molecular complexity index is 1120. The highest BCUT2D eigenvalue weighted by molar-refractivity contribution is 6.74. The third-order valence-electron chi connectivity index (χ3n) is 7.15. The molecule has 0 atom stereocenters. The van der Waals surface area contributed by atoms with E-state index in [1.165, 1.54) is 0 Å². The molecular weight excluding hydrogens is 414 g/mol. The maximum atomic E-state index is 12.6. The predicted molar refractivity (Wildman–Crippen MR) is 131 cm³/mol. The summed E-state index contributed by atoms with van der Waals surface area (Å²) in [6, 6.07) is 16.7. The van der Waals surface area contributed by atoms with Crippen LogP contribution in [0.2, 0.25) is 18.1 Å². The molecule has 4 rings (SSSR count). The fourth-order valence-electron chi connectivity index (χ4n) is 3.92. The third-order valence-corrected chi connectivity index (χ3v) is 11.5. The molecule has 1 heterocycles. The lowest BCUT2D eigenvalue weighted by molar-refractivity contribution is -0.121. The lowest BCUT2D eigenvalue weighted by Crippen LogP contribution is -2.43. The Morgan fingerprint density at radius 3 is 2.31 bits per heavy atom. The molecule has 0 amide bonds. The molecule has 0 spiro atoms. The van der Waals surface area contributed by atoms with Gasteiger partial charge in [0.15, 0.2) is 5.76 Å². The maximum Gasteiger partial charge on any atom is 0.250 e. The fraction of sp³-hybridized carbons (Fsp3) is 0.407. The van der Waals surface area contributed by atoms with Crippen LogP contribution in [0.5, 0.6) is 5.75 Å². The molecule has 168 valence electrons. The molecule has 1 aliphatic rings. The zero-order valence-electron chi connectivity index (χ0n) is 20.0. The van der Waals surface area contributed by atoms with E-state index in [0.29, 0.717) is 6.42 Å². The molecule has 0 unspecified atom stereocenters. The molecule has 1 fully saturated rings. The zero-order chi connectivity index (χ0) is 23.1. The number of carbonyl (C=O) groups excluding carboxylic acids is 1. The summed E-state index contributed by atoms with van der Waals surface area (Å²) in [5.41, 5.74) is 3.71. The molecule has 0 aliphatic heterocycles. The molecule has 5 heteroatoms. The number of hydrogen-bond acceptors (Lipinski definition) is 4. The summed E-state index contributed by atoms with van der Waals surface area (Å²) in [4.78, 5) is 12.6. The van der Waals surface area contributed by atoms with E-state index in [0.717, 1.165) is 46.6 Å². The highest BCUT2D eigenvalue weighted by Crippen LogP contribution is 2.52. The molecular formula is C27H33NO3Si. The van der Waals surface area contributed by atoms with Gasteiger partial charge >= 0.3 is 0 Å². The van der Waals surface area contributed by atoms with Gasteiger partial charge in [0.25, 0.3) is 0 Å². The van der Waals surface area contributed by atoms with Crippen LogP contribution in [0.3, 0.4) is 0 Å². The molecule has 4 nitrogen and oxygen atoms in total. The van der Waals surface area contributed by atoms with Gasteiger partial charge in [0.05, 0.1) is 11.6 Å². The number of aromatic nitrogens is 1. The van der Waals surface area contributed by atoms with Crippen LogP contribution in [0, 0.1) is 0 Å². The smallest absolute Gasteiger partial charge is 0.250 e. The Hall–Kier alpha value is -2.66. The van der Waals surface area contributed by atoms with Gasteiger partial charge < -0.3 is 8.95 Å². The molecule has 1 aromatic heterocycles. The molecule has 2 aromatic carbocycles. The van der Waals surface area contributed by atoms with E-state index >= 15 is 0 Å². The number of benzene rings is 2. The van der Waals surface area contributed by atoms with Crippen molar-refractivity contribution in [3.8, 4) is 28.0 Å². The monoisotopic (exact) mass is 447 g/mol. The van der Waals surface area contributed by atoms with Crippen molar-refractivity contribution in [2.45, 2.75) is 70.5 Å². The lowest BCUT2D eigenvalue weighted by atomic mass is 9.90. The topological polar surface area (TPSA) is 52.3 Å². The van der Waals surface area contributed by atoms with Gasteiger partial charge in [0.1, 0.15) is 11.5 Å². The van der Waals surface area contributed by atoms with Crippen LogP contribution in [0.1, 0.15) is 52.7 Å². The van der Waals surface area contributed by atoms with E-state index in [2.05, 4.69) is 81.5 Å². The summed E-state index contributed by atoms with van der Waals surface area (Å²) >= 11 is 0. The Labute approximate surface area is 192 Å². The van der Waals surface area contributed by atoms with Crippen molar-refractivity contribution in [1.82, 2.24) is 5.16 Å². The van der Waals surface area contributed by atoms with Crippen LogP contribution in [0.4, 0.5) is 0 Å². The van der Waals surface area contributed by atoms with Crippen LogP contribution in [0.25, 0.3) is 22.3 Å². The average molecular weight is 448 g/mol. The Balaban J connectivity index is 1.60. The van der Waals surface area contributed by atoms with E-state index in [1.807, 2.05) is 13.0 Å². The maximum absolute atomic E-state index is 12.6. The minimum atomic E-state index is -1.86. The minimum Gasteiger partial charge on any atom is -0.544 e. The van der Waals surface area contributed by atoms with Crippen LogP contribution in [0.15, 0.2) is 59.3 Å². The minimum absolute atomic E-state index is 0.161. The standard InChI is InChI=1S/C27H33NO3Si/c1-7-24(29)27(15-16-27)25-23(18-28-30-25)21-10-8-9-20(17-21)19-11-13-22(14-12-19)31-32(5,6)26(2,3)4/h8-14,17-18H,7,15-16H2,1-6H3. The highest BCUT2D eigenvalue weighted by atomic mass is 28.4. The van der Waals surface area contributed by atoms with E-state index in [4.69, 9.17) is 8.95 Å². The number of hydrogen-bond donors (Lipinski definition) is 0. The van der Waals surface area contributed by atoms with Crippen LogP contribution < -0.4 is 4.43 Å². The second-order valence-corrected chi connectivity index (χ2v) is 15.1. The zero-order valence-corrected chi connectivity index (χ0v) is 21.0. The highest BCUT2D eigenvalue weighted by Gasteiger charge is 2.54. The van der Waals surface area contributed by atoms with E-state index in [9.17, 15) is 4.79 Å².